The van der Waals surface area contributed by atoms with Crippen LogP contribution in [0.15, 0.2) is 28.3 Å². The van der Waals surface area contributed by atoms with E-state index in [4.69, 9.17) is 0 Å². The maximum absolute atomic E-state index is 14.0. The highest BCUT2D eigenvalue weighted by Crippen LogP contribution is 2.27. The number of aryl methyl sites for hydroxylation is 1. The molecule has 0 bridgehead atoms. The third-order valence-corrected chi connectivity index (χ3v) is 3.40. The lowest BCUT2D eigenvalue weighted by atomic mass is 10.2. The van der Waals surface area contributed by atoms with E-state index in [0.717, 1.165) is 11.4 Å². The van der Waals surface area contributed by atoms with Crippen LogP contribution in [0.3, 0.4) is 0 Å². The fourth-order valence-corrected chi connectivity index (χ4v) is 2.29. The van der Waals surface area contributed by atoms with Crippen molar-refractivity contribution in [1.29, 1.82) is 0 Å². The molecule has 0 saturated heterocycles. The van der Waals surface area contributed by atoms with Gasteiger partial charge in [0.2, 0.25) is 5.16 Å². The molecule has 2 N–H and O–H groups in total. The van der Waals surface area contributed by atoms with Gasteiger partial charge in [-0.2, -0.15) is 0 Å². The molecule has 6 heteroatoms. The molecule has 0 radical (unpaired) electrons. The first-order valence-corrected chi connectivity index (χ1v) is 6.95. The maximum atomic E-state index is 14.0. The summed E-state index contributed by atoms with van der Waals surface area (Å²) in [6, 6.07) is 5.62. The third-order valence-electron chi connectivity index (χ3n) is 2.49. The summed E-state index contributed by atoms with van der Waals surface area (Å²) >= 11 is 1.22. The summed E-state index contributed by atoms with van der Waals surface area (Å²) in [7, 11) is 0. The van der Waals surface area contributed by atoms with E-state index in [1.165, 1.54) is 11.8 Å². The zero-order valence-corrected chi connectivity index (χ0v) is 12.0. The molecule has 1 heterocycles. The standard InChI is InChI=1S/C13H17FN4S/c1-8(2)15-7-10-4-5-12(11(14)6-10)19-13-16-9(3)17-18-13/h4-6,8,15H,7H2,1-3H3,(H,16,17,18). The van der Waals surface area contributed by atoms with Crippen LogP contribution in [-0.4, -0.2) is 21.2 Å². The van der Waals surface area contributed by atoms with E-state index < -0.39 is 0 Å². The molecule has 2 aromatic rings. The predicted molar refractivity (Wildman–Crippen MR) is 73.6 cm³/mol. The number of hydrogen-bond acceptors (Lipinski definition) is 4. The topological polar surface area (TPSA) is 53.6 Å². The van der Waals surface area contributed by atoms with Gasteiger partial charge in [-0.25, -0.2) is 9.37 Å². The van der Waals surface area contributed by atoms with E-state index >= 15 is 0 Å². The third kappa shape index (κ3) is 4.04. The molecule has 0 aliphatic heterocycles. The van der Waals surface area contributed by atoms with Crippen LogP contribution < -0.4 is 5.32 Å². The van der Waals surface area contributed by atoms with Crippen molar-refractivity contribution in [2.24, 2.45) is 0 Å². The Morgan fingerprint density at radius 1 is 1.42 bits per heavy atom. The lowest BCUT2D eigenvalue weighted by Gasteiger charge is -2.09. The van der Waals surface area contributed by atoms with Gasteiger partial charge in [0.25, 0.3) is 0 Å². The van der Waals surface area contributed by atoms with Crippen LogP contribution in [-0.2, 0) is 6.54 Å². The van der Waals surface area contributed by atoms with Gasteiger partial charge in [0, 0.05) is 12.6 Å². The number of rotatable bonds is 5. The number of aromatic amines is 1. The number of nitrogens with zero attached hydrogens (tertiary/aromatic N) is 2. The fourth-order valence-electron chi connectivity index (χ4n) is 1.53. The average Bonchev–Trinajstić information content (AvgIpc) is 2.75. The fraction of sp³-hybridized carbons (Fsp3) is 0.385. The molecule has 0 aliphatic carbocycles. The Bertz CT molecular complexity index is 553. The summed E-state index contributed by atoms with van der Waals surface area (Å²) in [6.07, 6.45) is 0. The Morgan fingerprint density at radius 2 is 2.21 bits per heavy atom. The Morgan fingerprint density at radius 3 is 2.79 bits per heavy atom. The summed E-state index contributed by atoms with van der Waals surface area (Å²) in [4.78, 5) is 4.68. The average molecular weight is 280 g/mol. The minimum absolute atomic E-state index is 0.240. The molecule has 0 spiro atoms. The van der Waals surface area contributed by atoms with Gasteiger partial charge < -0.3 is 5.32 Å². The summed E-state index contributed by atoms with van der Waals surface area (Å²) in [6.45, 7) is 6.60. The molecule has 0 saturated carbocycles. The summed E-state index contributed by atoms with van der Waals surface area (Å²) < 4.78 is 14.0. The van der Waals surface area contributed by atoms with Gasteiger partial charge in [-0.1, -0.05) is 19.9 Å². The van der Waals surface area contributed by atoms with Crippen LogP contribution in [0.5, 0.6) is 0 Å². The first-order chi connectivity index (χ1) is 9.04. The lowest BCUT2D eigenvalue weighted by Crippen LogP contribution is -2.21. The molecule has 102 valence electrons. The van der Waals surface area contributed by atoms with Gasteiger partial charge in [-0.15, -0.1) is 5.10 Å². The lowest BCUT2D eigenvalue weighted by molar-refractivity contribution is 0.574. The zero-order chi connectivity index (χ0) is 13.8. The van der Waals surface area contributed by atoms with E-state index in [1.807, 2.05) is 13.0 Å². The number of halogens is 1. The number of nitrogens with one attached hydrogen (secondary N) is 2. The summed E-state index contributed by atoms with van der Waals surface area (Å²) in [5, 5.41) is 10.5. The van der Waals surface area contributed by atoms with Crippen molar-refractivity contribution in [1.82, 2.24) is 20.5 Å². The minimum atomic E-state index is -0.240. The number of benzene rings is 1. The minimum Gasteiger partial charge on any atom is -0.310 e. The Kier molecular flexibility index (Phi) is 4.55. The largest absolute Gasteiger partial charge is 0.310 e. The molecule has 1 aromatic heterocycles. The molecule has 0 amide bonds. The van der Waals surface area contributed by atoms with Crippen molar-refractivity contribution >= 4 is 11.8 Å². The summed E-state index contributed by atoms with van der Waals surface area (Å²) in [5.74, 6) is 0.483. The van der Waals surface area contributed by atoms with Gasteiger partial charge in [0.15, 0.2) is 0 Å². The SMILES string of the molecule is Cc1nc(Sc2ccc(CNC(C)C)cc2F)n[nH]1. The van der Waals surface area contributed by atoms with Crippen molar-refractivity contribution in [3.63, 3.8) is 0 Å². The van der Waals surface area contributed by atoms with E-state index in [0.29, 0.717) is 22.6 Å². The van der Waals surface area contributed by atoms with Crippen molar-refractivity contribution < 1.29 is 4.39 Å². The maximum Gasteiger partial charge on any atom is 0.213 e. The van der Waals surface area contributed by atoms with Gasteiger partial charge >= 0.3 is 0 Å². The smallest absolute Gasteiger partial charge is 0.213 e. The van der Waals surface area contributed by atoms with Crippen molar-refractivity contribution in [2.45, 2.75) is 43.4 Å². The molecule has 0 unspecified atom stereocenters. The van der Waals surface area contributed by atoms with Crippen LogP contribution in [0, 0.1) is 12.7 Å². The van der Waals surface area contributed by atoms with E-state index in [2.05, 4.69) is 34.3 Å². The number of aromatic nitrogens is 3. The molecule has 1 aromatic carbocycles. The normalized spacial score (nSPS) is 11.2. The number of H-pyrrole nitrogens is 1. The molecular weight excluding hydrogens is 263 g/mol. The van der Waals surface area contributed by atoms with Crippen LogP contribution in [0.1, 0.15) is 25.2 Å². The van der Waals surface area contributed by atoms with Crippen molar-refractivity contribution in [3.05, 3.63) is 35.4 Å². The van der Waals surface area contributed by atoms with Crippen LogP contribution in [0.2, 0.25) is 0 Å². The number of hydrogen-bond donors (Lipinski definition) is 2. The second-order valence-electron chi connectivity index (χ2n) is 4.61. The van der Waals surface area contributed by atoms with Gasteiger partial charge in [0.1, 0.15) is 11.6 Å². The molecule has 19 heavy (non-hydrogen) atoms. The van der Waals surface area contributed by atoms with E-state index in [1.54, 1.807) is 12.1 Å². The van der Waals surface area contributed by atoms with Crippen LogP contribution in [0.4, 0.5) is 4.39 Å². The van der Waals surface area contributed by atoms with E-state index in [9.17, 15) is 4.39 Å². The summed E-state index contributed by atoms with van der Waals surface area (Å²) in [5.41, 5.74) is 0.932. The first kappa shape index (κ1) is 14.0. The Hall–Kier alpha value is -1.40. The molecule has 0 aliphatic rings. The van der Waals surface area contributed by atoms with Gasteiger partial charge in [0.05, 0.1) is 4.90 Å². The Balaban J connectivity index is 2.06. The quantitative estimate of drug-likeness (QED) is 0.884. The van der Waals surface area contributed by atoms with Crippen molar-refractivity contribution in [2.75, 3.05) is 0 Å². The highest BCUT2D eigenvalue weighted by atomic mass is 32.2. The van der Waals surface area contributed by atoms with Crippen molar-refractivity contribution in [3.8, 4) is 0 Å². The highest BCUT2D eigenvalue weighted by Gasteiger charge is 2.09. The van der Waals surface area contributed by atoms with E-state index in [-0.39, 0.29) is 5.82 Å². The molecule has 2 rings (SSSR count). The molecule has 0 fully saturated rings. The monoisotopic (exact) mass is 280 g/mol. The first-order valence-electron chi connectivity index (χ1n) is 6.13. The molecular formula is C13H17FN4S. The second kappa shape index (κ2) is 6.16. The van der Waals surface area contributed by atoms with Crippen LogP contribution in [0.25, 0.3) is 0 Å². The highest BCUT2D eigenvalue weighted by molar-refractivity contribution is 7.99. The Labute approximate surface area is 116 Å². The predicted octanol–water partition coefficient (Wildman–Crippen LogP) is 2.90. The molecule has 4 nitrogen and oxygen atoms in total. The van der Waals surface area contributed by atoms with Gasteiger partial charge in [-0.05, 0) is 36.4 Å². The van der Waals surface area contributed by atoms with Crippen LogP contribution >= 0.6 is 11.8 Å². The van der Waals surface area contributed by atoms with Gasteiger partial charge in [-0.3, -0.25) is 5.10 Å². The zero-order valence-electron chi connectivity index (χ0n) is 11.2. The molecule has 0 atom stereocenters. The second-order valence-corrected chi connectivity index (χ2v) is 5.61.